The summed E-state index contributed by atoms with van der Waals surface area (Å²) in [6.07, 6.45) is 1.63. The lowest BCUT2D eigenvalue weighted by atomic mass is 10.1. The SMILES string of the molecule is Cc1ccc(NCC(=O)N/N=C/c2ccc(Br)s2)c(C)c1. The van der Waals surface area contributed by atoms with Crippen LogP contribution in [0.4, 0.5) is 5.69 Å². The Kier molecular flexibility index (Phi) is 5.52. The molecule has 21 heavy (non-hydrogen) atoms. The fourth-order valence-electron chi connectivity index (χ4n) is 1.79. The molecule has 0 saturated heterocycles. The third-order valence-corrected chi connectivity index (χ3v) is 4.35. The molecule has 0 aliphatic rings. The first kappa shape index (κ1) is 15.7. The summed E-state index contributed by atoms with van der Waals surface area (Å²) >= 11 is 4.93. The molecule has 0 fully saturated rings. The predicted octanol–water partition coefficient (Wildman–Crippen LogP) is 3.69. The summed E-state index contributed by atoms with van der Waals surface area (Å²) in [5.41, 5.74) is 5.78. The molecule has 0 spiro atoms. The zero-order chi connectivity index (χ0) is 15.2. The molecule has 2 rings (SSSR count). The summed E-state index contributed by atoms with van der Waals surface area (Å²) in [6.45, 7) is 4.25. The summed E-state index contributed by atoms with van der Waals surface area (Å²) in [5.74, 6) is -0.179. The smallest absolute Gasteiger partial charge is 0.259 e. The van der Waals surface area contributed by atoms with Crippen LogP contribution in [0.1, 0.15) is 16.0 Å². The molecule has 0 aliphatic carbocycles. The number of rotatable bonds is 5. The van der Waals surface area contributed by atoms with Crippen molar-refractivity contribution in [3.8, 4) is 0 Å². The molecular formula is C15H16BrN3OS. The monoisotopic (exact) mass is 365 g/mol. The van der Waals surface area contributed by atoms with Crippen LogP contribution < -0.4 is 10.7 Å². The maximum absolute atomic E-state index is 11.7. The quantitative estimate of drug-likeness (QED) is 0.626. The maximum Gasteiger partial charge on any atom is 0.259 e. The van der Waals surface area contributed by atoms with Crippen LogP contribution in [-0.4, -0.2) is 18.7 Å². The van der Waals surface area contributed by atoms with Gasteiger partial charge in [0.2, 0.25) is 0 Å². The van der Waals surface area contributed by atoms with E-state index in [1.165, 1.54) is 5.56 Å². The molecule has 1 aromatic carbocycles. The first-order valence-corrected chi connectivity index (χ1v) is 8.04. The highest BCUT2D eigenvalue weighted by molar-refractivity contribution is 9.11. The standard InChI is InChI=1S/C15H16BrN3OS/c1-10-3-5-13(11(2)7-10)17-9-15(20)19-18-8-12-4-6-14(16)21-12/h3-8,17H,9H2,1-2H3,(H,19,20)/b18-8+. The van der Waals surface area contributed by atoms with Gasteiger partial charge in [-0.25, -0.2) is 5.43 Å². The zero-order valence-corrected chi connectivity index (χ0v) is 14.2. The zero-order valence-electron chi connectivity index (χ0n) is 11.8. The van der Waals surface area contributed by atoms with Crippen molar-refractivity contribution >= 4 is 45.1 Å². The van der Waals surface area contributed by atoms with Crippen LogP contribution in [0.3, 0.4) is 0 Å². The van der Waals surface area contributed by atoms with E-state index in [9.17, 15) is 4.79 Å². The number of thiophene rings is 1. The summed E-state index contributed by atoms with van der Waals surface area (Å²) < 4.78 is 1.03. The third kappa shape index (κ3) is 4.99. The molecule has 2 aromatic rings. The largest absolute Gasteiger partial charge is 0.376 e. The molecule has 1 heterocycles. The molecular weight excluding hydrogens is 350 g/mol. The molecule has 0 saturated carbocycles. The minimum absolute atomic E-state index is 0.179. The van der Waals surface area contributed by atoms with E-state index in [2.05, 4.69) is 37.8 Å². The van der Waals surface area contributed by atoms with Crippen LogP contribution >= 0.6 is 27.3 Å². The van der Waals surface area contributed by atoms with E-state index >= 15 is 0 Å². The lowest BCUT2D eigenvalue weighted by Crippen LogP contribution is -2.26. The molecule has 4 nitrogen and oxygen atoms in total. The predicted molar refractivity (Wildman–Crippen MR) is 92.2 cm³/mol. The number of nitrogens with zero attached hydrogens (tertiary/aromatic N) is 1. The van der Waals surface area contributed by atoms with Gasteiger partial charge in [-0.1, -0.05) is 17.7 Å². The van der Waals surface area contributed by atoms with Crippen LogP contribution in [0.2, 0.25) is 0 Å². The number of carbonyl (C=O) groups excluding carboxylic acids is 1. The van der Waals surface area contributed by atoms with Gasteiger partial charge in [0, 0.05) is 10.6 Å². The van der Waals surface area contributed by atoms with E-state index in [1.807, 2.05) is 38.1 Å². The van der Waals surface area contributed by atoms with Crippen LogP contribution in [-0.2, 0) is 4.79 Å². The van der Waals surface area contributed by atoms with Gasteiger partial charge in [-0.3, -0.25) is 4.79 Å². The van der Waals surface area contributed by atoms with Gasteiger partial charge < -0.3 is 5.32 Å². The number of hydrogen-bond donors (Lipinski definition) is 2. The van der Waals surface area contributed by atoms with E-state index in [0.717, 1.165) is 19.9 Å². The maximum atomic E-state index is 11.7. The molecule has 1 amide bonds. The number of anilines is 1. The Hall–Kier alpha value is -1.66. The number of aryl methyl sites for hydroxylation is 2. The molecule has 1 aromatic heterocycles. The van der Waals surface area contributed by atoms with Crippen LogP contribution in [0, 0.1) is 13.8 Å². The number of halogens is 1. The van der Waals surface area contributed by atoms with Gasteiger partial charge in [0.1, 0.15) is 0 Å². The van der Waals surface area contributed by atoms with E-state index in [4.69, 9.17) is 0 Å². The van der Waals surface area contributed by atoms with Gasteiger partial charge >= 0.3 is 0 Å². The summed E-state index contributed by atoms with van der Waals surface area (Å²) in [6, 6.07) is 9.94. The van der Waals surface area contributed by atoms with Crippen LogP contribution in [0.15, 0.2) is 39.2 Å². The second kappa shape index (κ2) is 7.38. The van der Waals surface area contributed by atoms with Gasteiger partial charge in [-0.05, 0) is 53.5 Å². The summed E-state index contributed by atoms with van der Waals surface area (Å²) in [7, 11) is 0. The molecule has 0 unspecified atom stereocenters. The van der Waals surface area contributed by atoms with E-state index in [0.29, 0.717) is 0 Å². The van der Waals surface area contributed by atoms with E-state index in [1.54, 1.807) is 17.6 Å². The Labute approximate surface area is 136 Å². The number of hydrogen-bond acceptors (Lipinski definition) is 4. The Morgan fingerprint density at radius 2 is 2.14 bits per heavy atom. The second-order valence-corrected chi connectivity index (χ2v) is 7.10. The normalized spacial score (nSPS) is 10.8. The lowest BCUT2D eigenvalue weighted by molar-refractivity contribution is -0.119. The minimum Gasteiger partial charge on any atom is -0.376 e. The fraction of sp³-hybridized carbons (Fsp3) is 0.200. The minimum atomic E-state index is -0.179. The second-order valence-electron chi connectivity index (χ2n) is 4.61. The summed E-state index contributed by atoms with van der Waals surface area (Å²) in [4.78, 5) is 12.7. The van der Waals surface area contributed by atoms with Gasteiger partial charge in [-0.15, -0.1) is 11.3 Å². The molecule has 6 heteroatoms. The number of amides is 1. The summed E-state index contributed by atoms with van der Waals surface area (Å²) in [5, 5.41) is 7.03. The molecule has 0 bridgehead atoms. The van der Waals surface area contributed by atoms with Crippen molar-refractivity contribution in [1.82, 2.24) is 5.43 Å². The molecule has 2 N–H and O–H groups in total. The van der Waals surface area contributed by atoms with Crippen molar-refractivity contribution in [3.63, 3.8) is 0 Å². The number of carbonyl (C=O) groups is 1. The topological polar surface area (TPSA) is 53.5 Å². The third-order valence-electron chi connectivity index (χ3n) is 2.80. The van der Waals surface area contributed by atoms with Gasteiger partial charge in [0.15, 0.2) is 0 Å². The first-order chi connectivity index (χ1) is 10.0. The van der Waals surface area contributed by atoms with Crippen molar-refractivity contribution in [2.24, 2.45) is 5.10 Å². The van der Waals surface area contributed by atoms with E-state index < -0.39 is 0 Å². The van der Waals surface area contributed by atoms with Crippen LogP contribution in [0.5, 0.6) is 0 Å². The highest BCUT2D eigenvalue weighted by atomic mass is 79.9. The Balaban J connectivity index is 1.81. The molecule has 0 aliphatic heterocycles. The molecule has 0 atom stereocenters. The lowest BCUT2D eigenvalue weighted by Gasteiger charge is -2.09. The number of benzene rings is 1. The molecule has 0 radical (unpaired) electrons. The first-order valence-electron chi connectivity index (χ1n) is 6.43. The van der Waals surface area contributed by atoms with Crippen molar-refractivity contribution in [1.29, 1.82) is 0 Å². The molecule has 110 valence electrons. The highest BCUT2D eigenvalue weighted by Gasteiger charge is 2.02. The number of nitrogens with one attached hydrogen (secondary N) is 2. The van der Waals surface area contributed by atoms with Gasteiger partial charge in [-0.2, -0.15) is 5.10 Å². The van der Waals surface area contributed by atoms with Crippen molar-refractivity contribution in [2.75, 3.05) is 11.9 Å². The average molecular weight is 366 g/mol. The Morgan fingerprint density at radius 3 is 2.81 bits per heavy atom. The van der Waals surface area contributed by atoms with Gasteiger partial charge in [0.25, 0.3) is 5.91 Å². The van der Waals surface area contributed by atoms with E-state index in [-0.39, 0.29) is 12.5 Å². The van der Waals surface area contributed by atoms with Crippen molar-refractivity contribution in [3.05, 3.63) is 50.1 Å². The van der Waals surface area contributed by atoms with Gasteiger partial charge in [0.05, 0.1) is 16.5 Å². The highest BCUT2D eigenvalue weighted by Crippen LogP contribution is 2.20. The van der Waals surface area contributed by atoms with Crippen LogP contribution in [0.25, 0.3) is 0 Å². The number of hydrazone groups is 1. The van der Waals surface area contributed by atoms with Crippen molar-refractivity contribution < 1.29 is 4.79 Å². The average Bonchev–Trinajstić information content (AvgIpc) is 2.83. The Bertz CT molecular complexity index is 667. The Morgan fingerprint density at radius 1 is 1.33 bits per heavy atom. The fourth-order valence-corrected chi connectivity index (χ4v) is 3.09. The van der Waals surface area contributed by atoms with Crippen molar-refractivity contribution in [2.45, 2.75) is 13.8 Å².